The fourth-order valence-electron chi connectivity index (χ4n) is 1.66. The fourth-order valence-corrected chi connectivity index (χ4v) is 1.66. The van der Waals surface area contributed by atoms with Gasteiger partial charge in [0.25, 0.3) is 5.91 Å². The van der Waals surface area contributed by atoms with Crippen molar-refractivity contribution in [3.05, 3.63) is 34.2 Å². The SMILES string of the molecule is CCC(C)N(CCOC)C(=O)c1cccc(=O)[nH]1. The Kier molecular flexibility index (Phi) is 5.58. The van der Waals surface area contributed by atoms with Crippen LogP contribution in [-0.4, -0.2) is 42.1 Å². The van der Waals surface area contributed by atoms with Gasteiger partial charge in [-0.2, -0.15) is 0 Å². The van der Waals surface area contributed by atoms with Crippen molar-refractivity contribution in [2.75, 3.05) is 20.3 Å². The van der Waals surface area contributed by atoms with E-state index in [0.717, 1.165) is 6.42 Å². The second-order valence-corrected chi connectivity index (χ2v) is 4.18. The van der Waals surface area contributed by atoms with Crippen molar-refractivity contribution in [1.29, 1.82) is 0 Å². The topological polar surface area (TPSA) is 62.4 Å². The number of pyridine rings is 1. The number of nitrogens with one attached hydrogen (secondary N) is 1. The minimum Gasteiger partial charge on any atom is -0.383 e. The normalized spacial score (nSPS) is 12.2. The summed E-state index contributed by atoms with van der Waals surface area (Å²) in [5.41, 5.74) is 0.0515. The van der Waals surface area contributed by atoms with Gasteiger partial charge in [0.2, 0.25) is 5.56 Å². The molecule has 1 N–H and O–H groups in total. The number of H-pyrrole nitrogens is 1. The smallest absolute Gasteiger partial charge is 0.270 e. The summed E-state index contributed by atoms with van der Waals surface area (Å²) < 4.78 is 5.01. The molecule has 1 atom stereocenters. The average molecular weight is 252 g/mol. The monoisotopic (exact) mass is 252 g/mol. The zero-order chi connectivity index (χ0) is 13.5. The Morgan fingerprint density at radius 3 is 2.78 bits per heavy atom. The highest BCUT2D eigenvalue weighted by atomic mass is 16.5. The summed E-state index contributed by atoms with van der Waals surface area (Å²) in [6.07, 6.45) is 0.854. The van der Waals surface area contributed by atoms with Crippen LogP contribution in [0.1, 0.15) is 30.8 Å². The maximum absolute atomic E-state index is 12.3. The number of aromatic nitrogens is 1. The lowest BCUT2D eigenvalue weighted by atomic mass is 10.2. The minimum atomic E-state index is -0.267. The molecule has 5 nitrogen and oxygen atoms in total. The first-order valence-corrected chi connectivity index (χ1v) is 6.09. The van der Waals surface area contributed by atoms with E-state index >= 15 is 0 Å². The van der Waals surface area contributed by atoms with Gasteiger partial charge in [-0.25, -0.2) is 0 Å². The molecule has 1 unspecified atom stereocenters. The van der Waals surface area contributed by atoms with Crippen LogP contribution < -0.4 is 5.56 Å². The highest BCUT2D eigenvalue weighted by molar-refractivity contribution is 5.92. The number of amides is 1. The second-order valence-electron chi connectivity index (χ2n) is 4.18. The quantitative estimate of drug-likeness (QED) is 0.829. The molecule has 0 aromatic carbocycles. The Morgan fingerprint density at radius 2 is 2.22 bits per heavy atom. The highest BCUT2D eigenvalue weighted by Crippen LogP contribution is 2.08. The van der Waals surface area contributed by atoms with Crippen LogP contribution in [-0.2, 0) is 4.74 Å². The van der Waals surface area contributed by atoms with Gasteiger partial charge in [0, 0.05) is 25.8 Å². The molecule has 18 heavy (non-hydrogen) atoms. The van der Waals surface area contributed by atoms with Crippen molar-refractivity contribution >= 4 is 5.91 Å². The van der Waals surface area contributed by atoms with E-state index in [0.29, 0.717) is 18.8 Å². The third-order valence-corrected chi connectivity index (χ3v) is 2.92. The molecule has 1 amide bonds. The van der Waals surface area contributed by atoms with Gasteiger partial charge in [-0.05, 0) is 19.4 Å². The van der Waals surface area contributed by atoms with Crippen molar-refractivity contribution < 1.29 is 9.53 Å². The van der Waals surface area contributed by atoms with E-state index in [2.05, 4.69) is 4.98 Å². The van der Waals surface area contributed by atoms with Gasteiger partial charge in [0.1, 0.15) is 5.69 Å². The van der Waals surface area contributed by atoms with Crippen molar-refractivity contribution in [3.8, 4) is 0 Å². The number of carbonyl (C=O) groups excluding carboxylic acids is 1. The lowest BCUT2D eigenvalue weighted by Crippen LogP contribution is -2.41. The first kappa shape index (κ1) is 14.4. The molecule has 100 valence electrons. The van der Waals surface area contributed by atoms with Crippen molar-refractivity contribution in [3.63, 3.8) is 0 Å². The number of ether oxygens (including phenoxy) is 1. The molecule has 0 aliphatic rings. The minimum absolute atomic E-state index is 0.108. The highest BCUT2D eigenvalue weighted by Gasteiger charge is 2.20. The summed E-state index contributed by atoms with van der Waals surface area (Å²) in [5.74, 6) is -0.167. The largest absolute Gasteiger partial charge is 0.383 e. The van der Waals surface area contributed by atoms with Crippen LogP contribution in [0.2, 0.25) is 0 Å². The summed E-state index contributed by atoms with van der Waals surface area (Å²) in [5, 5.41) is 0. The van der Waals surface area contributed by atoms with Gasteiger partial charge in [-0.1, -0.05) is 13.0 Å². The second kappa shape index (κ2) is 6.96. The molecular weight excluding hydrogens is 232 g/mol. The summed E-state index contributed by atoms with van der Waals surface area (Å²) in [6.45, 7) is 4.99. The zero-order valence-electron chi connectivity index (χ0n) is 11.1. The van der Waals surface area contributed by atoms with Crippen LogP contribution in [0.4, 0.5) is 0 Å². The summed E-state index contributed by atoms with van der Waals surface area (Å²) >= 11 is 0. The molecule has 1 heterocycles. The van der Waals surface area contributed by atoms with Crippen molar-refractivity contribution in [2.24, 2.45) is 0 Å². The number of hydrogen-bond donors (Lipinski definition) is 1. The Balaban J connectivity index is 2.91. The Hall–Kier alpha value is -1.62. The van der Waals surface area contributed by atoms with Crippen LogP contribution in [0.3, 0.4) is 0 Å². The van der Waals surface area contributed by atoms with Gasteiger partial charge in [-0.15, -0.1) is 0 Å². The predicted octanol–water partition coefficient (Wildman–Crippen LogP) is 1.26. The van der Waals surface area contributed by atoms with E-state index in [-0.39, 0.29) is 17.5 Å². The van der Waals surface area contributed by atoms with E-state index in [9.17, 15) is 9.59 Å². The summed E-state index contributed by atoms with van der Waals surface area (Å²) in [6, 6.07) is 4.69. The van der Waals surface area contributed by atoms with E-state index < -0.39 is 0 Å². The molecule has 0 aliphatic carbocycles. The molecule has 0 saturated carbocycles. The number of carbonyl (C=O) groups is 1. The number of hydrogen-bond acceptors (Lipinski definition) is 3. The number of nitrogens with zero attached hydrogens (tertiary/aromatic N) is 1. The van der Waals surface area contributed by atoms with Gasteiger partial charge in [-0.3, -0.25) is 9.59 Å². The molecular formula is C13H20N2O3. The summed E-state index contributed by atoms with van der Waals surface area (Å²) in [7, 11) is 1.60. The fraction of sp³-hybridized carbons (Fsp3) is 0.538. The van der Waals surface area contributed by atoms with Gasteiger partial charge >= 0.3 is 0 Å². The third kappa shape index (κ3) is 3.70. The van der Waals surface area contributed by atoms with Crippen LogP contribution in [0.25, 0.3) is 0 Å². The van der Waals surface area contributed by atoms with Crippen LogP contribution >= 0.6 is 0 Å². The molecule has 0 fully saturated rings. The van der Waals surface area contributed by atoms with Crippen molar-refractivity contribution in [2.45, 2.75) is 26.3 Å². The van der Waals surface area contributed by atoms with Crippen molar-refractivity contribution in [1.82, 2.24) is 9.88 Å². The molecule has 0 radical (unpaired) electrons. The molecule has 1 aromatic heterocycles. The molecule has 0 aliphatic heterocycles. The average Bonchev–Trinajstić information content (AvgIpc) is 2.38. The predicted molar refractivity (Wildman–Crippen MR) is 69.7 cm³/mol. The lowest BCUT2D eigenvalue weighted by molar-refractivity contribution is 0.0608. The first-order chi connectivity index (χ1) is 8.60. The summed E-state index contributed by atoms with van der Waals surface area (Å²) in [4.78, 5) is 27.8. The molecule has 0 bridgehead atoms. The molecule has 5 heteroatoms. The maximum Gasteiger partial charge on any atom is 0.270 e. The molecule has 1 aromatic rings. The third-order valence-electron chi connectivity index (χ3n) is 2.92. The standard InChI is InChI=1S/C13H20N2O3/c1-4-10(2)15(8-9-18-3)13(17)11-6-5-7-12(16)14-11/h5-7,10H,4,8-9H2,1-3H3,(H,14,16). The van der Waals surface area contributed by atoms with Crippen LogP contribution in [0.15, 0.2) is 23.0 Å². The molecule has 0 spiro atoms. The van der Waals surface area contributed by atoms with Crippen LogP contribution in [0.5, 0.6) is 0 Å². The lowest BCUT2D eigenvalue weighted by Gasteiger charge is -2.28. The van der Waals surface area contributed by atoms with E-state index in [1.165, 1.54) is 6.07 Å². The van der Waals surface area contributed by atoms with E-state index in [1.54, 1.807) is 24.1 Å². The molecule has 0 saturated heterocycles. The Labute approximate surface area is 107 Å². The van der Waals surface area contributed by atoms with E-state index in [4.69, 9.17) is 4.74 Å². The first-order valence-electron chi connectivity index (χ1n) is 6.09. The Morgan fingerprint density at radius 1 is 1.50 bits per heavy atom. The Bertz CT molecular complexity index is 442. The van der Waals surface area contributed by atoms with Gasteiger partial charge < -0.3 is 14.6 Å². The zero-order valence-corrected chi connectivity index (χ0v) is 11.1. The number of aromatic amines is 1. The molecule has 1 rings (SSSR count). The number of methoxy groups -OCH3 is 1. The van der Waals surface area contributed by atoms with Gasteiger partial charge in [0.05, 0.1) is 6.61 Å². The maximum atomic E-state index is 12.3. The van der Waals surface area contributed by atoms with E-state index in [1.807, 2.05) is 13.8 Å². The van der Waals surface area contributed by atoms with Crippen LogP contribution in [0, 0.1) is 0 Å². The number of rotatable bonds is 6. The van der Waals surface area contributed by atoms with Gasteiger partial charge in [0.15, 0.2) is 0 Å².